The van der Waals surface area contributed by atoms with Crippen molar-refractivity contribution >= 4 is 5.91 Å². The second kappa shape index (κ2) is 8.29. The number of amides is 1. The number of ether oxygens (including phenoxy) is 1. The van der Waals surface area contributed by atoms with Crippen LogP contribution in [0.25, 0.3) is 0 Å². The summed E-state index contributed by atoms with van der Waals surface area (Å²) in [4.78, 5) is 12.6. The summed E-state index contributed by atoms with van der Waals surface area (Å²) >= 11 is 0. The normalized spacial score (nSPS) is 11.8. The van der Waals surface area contributed by atoms with E-state index in [1.165, 1.54) is 12.7 Å². The lowest BCUT2D eigenvalue weighted by atomic mass is 10.0. The van der Waals surface area contributed by atoms with Crippen LogP contribution in [-0.2, 0) is 17.6 Å². The second-order valence-corrected chi connectivity index (χ2v) is 5.87. The van der Waals surface area contributed by atoms with E-state index in [1.54, 1.807) is 0 Å². The van der Waals surface area contributed by atoms with Gasteiger partial charge in [-0.2, -0.15) is 0 Å². The van der Waals surface area contributed by atoms with Crippen LogP contribution in [0.5, 0.6) is 6.08 Å². The van der Waals surface area contributed by atoms with Gasteiger partial charge in [-0.15, -0.1) is 5.10 Å². The Morgan fingerprint density at radius 2 is 1.77 bits per heavy atom. The second-order valence-electron chi connectivity index (χ2n) is 5.87. The molecule has 1 aromatic heterocycles. The van der Waals surface area contributed by atoms with Gasteiger partial charge >= 0.3 is 6.08 Å². The molecule has 134 valence electrons. The molecule has 0 fully saturated rings. The number of aromatic nitrogens is 2. The molecule has 3 aromatic rings. The van der Waals surface area contributed by atoms with E-state index in [0.717, 1.165) is 17.5 Å². The summed E-state index contributed by atoms with van der Waals surface area (Å²) in [5.74, 6) is 0.156. The fourth-order valence-corrected chi connectivity index (χ4v) is 2.64. The number of hydrogen-bond acceptors (Lipinski definition) is 5. The quantitative estimate of drug-likeness (QED) is 0.708. The third kappa shape index (κ3) is 4.27. The highest BCUT2D eigenvalue weighted by Gasteiger charge is 2.23. The molecular weight excluding hydrogens is 330 g/mol. The molecule has 0 spiro atoms. The van der Waals surface area contributed by atoms with Gasteiger partial charge in [0.15, 0.2) is 0 Å². The number of nitrogens with zero attached hydrogens (tertiary/aromatic N) is 2. The largest absolute Gasteiger partial charge is 0.452 e. The first-order valence-electron chi connectivity index (χ1n) is 8.49. The molecule has 0 radical (unpaired) electrons. The van der Waals surface area contributed by atoms with Crippen LogP contribution < -0.4 is 10.1 Å². The fourth-order valence-electron chi connectivity index (χ4n) is 2.64. The Bertz CT molecular complexity index is 844. The van der Waals surface area contributed by atoms with E-state index in [2.05, 4.69) is 22.4 Å². The molecule has 0 unspecified atom stereocenters. The van der Waals surface area contributed by atoms with Crippen LogP contribution in [0, 0.1) is 0 Å². The van der Waals surface area contributed by atoms with Crippen LogP contribution in [-0.4, -0.2) is 23.2 Å². The number of carbonyl (C=O) groups excluding carboxylic acids is 1. The molecule has 0 aliphatic heterocycles. The Balaban J connectivity index is 1.77. The Morgan fingerprint density at radius 3 is 2.38 bits per heavy atom. The number of nitrogens with one attached hydrogen (secondary N) is 1. The Kier molecular flexibility index (Phi) is 5.63. The number of aryl methyl sites for hydroxylation is 1. The first kappa shape index (κ1) is 17.7. The van der Waals surface area contributed by atoms with Crippen molar-refractivity contribution in [3.05, 3.63) is 77.2 Å². The Labute approximate surface area is 152 Å². The zero-order valence-corrected chi connectivity index (χ0v) is 14.8. The standard InChI is InChI=1S/C20H21N3O3/c1-3-14-9-11-15(12-10-14)13-17(24)21-18(16-7-5-4-6-8-16)19-22-23-20(25-2)26-19/h4-12,18H,3,13H2,1-2H3,(H,21,24)/t18-/m0/s1. The van der Waals surface area contributed by atoms with E-state index in [4.69, 9.17) is 9.15 Å². The van der Waals surface area contributed by atoms with Crippen molar-refractivity contribution in [3.63, 3.8) is 0 Å². The molecule has 0 aliphatic rings. The van der Waals surface area contributed by atoms with E-state index < -0.39 is 6.04 Å². The molecular formula is C20H21N3O3. The molecule has 6 heteroatoms. The SMILES string of the molecule is CCc1ccc(CC(=O)N[C@@H](c2ccccc2)c2nnc(OC)o2)cc1. The molecule has 0 bridgehead atoms. The number of hydrogen-bond donors (Lipinski definition) is 1. The van der Waals surface area contributed by atoms with Crippen LogP contribution in [0.2, 0.25) is 0 Å². The van der Waals surface area contributed by atoms with Gasteiger partial charge in [-0.05, 0) is 23.1 Å². The lowest BCUT2D eigenvalue weighted by molar-refractivity contribution is -0.121. The maximum Gasteiger partial charge on any atom is 0.414 e. The molecule has 0 aliphatic carbocycles. The Morgan fingerprint density at radius 1 is 1.08 bits per heavy atom. The van der Waals surface area contributed by atoms with Crippen molar-refractivity contribution in [2.45, 2.75) is 25.8 Å². The maximum atomic E-state index is 12.6. The molecule has 6 nitrogen and oxygen atoms in total. The van der Waals surface area contributed by atoms with Crippen molar-refractivity contribution in [1.82, 2.24) is 15.5 Å². The number of carbonyl (C=O) groups is 1. The average molecular weight is 351 g/mol. The minimum atomic E-state index is -0.532. The van der Waals surface area contributed by atoms with Gasteiger partial charge in [-0.25, -0.2) is 0 Å². The monoisotopic (exact) mass is 351 g/mol. The number of rotatable bonds is 7. The molecule has 3 rings (SSSR count). The molecule has 1 heterocycles. The van der Waals surface area contributed by atoms with Gasteiger partial charge in [-0.1, -0.05) is 66.6 Å². The number of benzene rings is 2. The predicted octanol–water partition coefficient (Wildman–Crippen LogP) is 3.09. The van der Waals surface area contributed by atoms with Gasteiger partial charge in [0.25, 0.3) is 0 Å². The zero-order chi connectivity index (χ0) is 18.4. The first-order chi connectivity index (χ1) is 12.7. The predicted molar refractivity (Wildman–Crippen MR) is 96.8 cm³/mol. The van der Waals surface area contributed by atoms with E-state index in [-0.39, 0.29) is 24.3 Å². The molecule has 1 amide bonds. The summed E-state index contributed by atoms with van der Waals surface area (Å²) in [5, 5.41) is 10.8. The molecule has 1 N–H and O–H groups in total. The molecule has 0 saturated heterocycles. The van der Waals surface area contributed by atoms with Gasteiger partial charge < -0.3 is 14.5 Å². The van der Waals surface area contributed by atoms with Crippen molar-refractivity contribution in [1.29, 1.82) is 0 Å². The lowest BCUT2D eigenvalue weighted by Gasteiger charge is -2.15. The Hall–Kier alpha value is -3.15. The first-order valence-corrected chi connectivity index (χ1v) is 8.49. The van der Waals surface area contributed by atoms with Crippen molar-refractivity contribution in [3.8, 4) is 6.08 Å². The van der Waals surface area contributed by atoms with E-state index in [0.29, 0.717) is 0 Å². The summed E-state index contributed by atoms with van der Waals surface area (Å²) in [6.45, 7) is 2.10. The average Bonchev–Trinajstić information content (AvgIpc) is 3.16. The topological polar surface area (TPSA) is 77.2 Å². The minimum Gasteiger partial charge on any atom is -0.452 e. The van der Waals surface area contributed by atoms with Crippen LogP contribution in [0.3, 0.4) is 0 Å². The smallest absolute Gasteiger partial charge is 0.414 e. The summed E-state index contributed by atoms with van der Waals surface area (Å²) in [6, 6.07) is 17.0. The summed E-state index contributed by atoms with van der Waals surface area (Å²) < 4.78 is 10.4. The van der Waals surface area contributed by atoms with Crippen molar-refractivity contribution < 1.29 is 13.9 Å². The fraction of sp³-hybridized carbons (Fsp3) is 0.250. The summed E-state index contributed by atoms with van der Waals surface area (Å²) in [7, 11) is 1.45. The van der Waals surface area contributed by atoms with Crippen LogP contribution in [0.15, 0.2) is 59.0 Å². The highest BCUT2D eigenvalue weighted by Crippen LogP contribution is 2.23. The van der Waals surface area contributed by atoms with Crippen molar-refractivity contribution in [2.75, 3.05) is 7.11 Å². The van der Waals surface area contributed by atoms with Gasteiger partial charge in [0.2, 0.25) is 11.8 Å². The van der Waals surface area contributed by atoms with Crippen LogP contribution >= 0.6 is 0 Å². The third-order valence-corrected chi connectivity index (χ3v) is 4.08. The third-order valence-electron chi connectivity index (χ3n) is 4.08. The summed E-state index contributed by atoms with van der Waals surface area (Å²) in [5.41, 5.74) is 3.05. The van der Waals surface area contributed by atoms with E-state index >= 15 is 0 Å². The van der Waals surface area contributed by atoms with E-state index in [9.17, 15) is 4.79 Å². The molecule has 26 heavy (non-hydrogen) atoms. The van der Waals surface area contributed by atoms with Gasteiger partial charge in [0, 0.05) is 0 Å². The van der Waals surface area contributed by atoms with Crippen molar-refractivity contribution in [2.24, 2.45) is 0 Å². The number of methoxy groups -OCH3 is 1. The van der Waals surface area contributed by atoms with Gasteiger partial charge in [0.1, 0.15) is 6.04 Å². The van der Waals surface area contributed by atoms with Gasteiger partial charge in [-0.3, -0.25) is 4.79 Å². The maximum absolute atomic E-state index is 12.6. The van der Waals surface area contributed by atoms with Gasteiger partial charge in [0.05, 0.1) is 13.5 Å². The zero-order valence-electron chi connectivity index (χ0n) is 14.8. The van der Waals surface area contributed by atoms with Crippen LogP contribution in [0.4, 0.5) is 0 Å². The molecule has 2 aromatic carbocycles. The molecule has 0 saturated carbocycles. The highest BCUT2D eigenvalue weighted by atomic mass is 16.6. The summed E-state index contributed by atoms with van der Waals surface area (Å²) in [6.07, 6.45) is 1.31. The molecule has 1 atom stereocenters. The van der Waals surface area contributed by atoms with Crippen LogP contribution in [0.1, 0.15) is 35.5 Å². The highest BCUT2D eigenvalue weighted by molar-refractivity contribution is 5.79. The minimum absolute atomic E-state index is 0.0605. The van der Waals surface area contributed by atoms with E-state index in [1.807, 2.05) is 54.6 Å². The lowest BCUT2D eigenvalue weighted by Crippen LogP contribution is -2.30.